The summed E-state index contributed by atoms with van der Waals surface area (Å²) in [6, 6.07) is 7.36. The van der Waals surface area contributed by atoms with Crippen LogP contribution in [-0.4, -0.2) is 46.9 Å². The number of ether oxygens (including phenoxy) is 1. The number of amidine groups is 2. The summed E-state index contributed by atoms with van der Waals surface area (Å²) >= 11 is 6.88. The SMILES string of the molecule is CS(=O)(=O)C1=NN2C(=N)/C(=C/c3ccc(OC(=O)c4ccco4)c(Cl)c3)C(=O)N=C2S1. The molecular weight excluding hydrogens is 468 g/mol. The summed E-state index contributed by atoms with van der Waals surface area (Å²) < 4.78 is 33.3. The minimum atomic E-state index is -3.62. The molecule has 3 heterocycles. The standard InChI is InChI=1S/C18H11ClN4O6S2/c1-31(26,27)18-22-23-14(20)10(15(24)21-17(23)30-18)7-9-4-5-12(11(19)8-9)29-16(25)13-3-2-6-28-13/h2-8,20H,1H3/b10-7-,20-14?. The van der Waals surface area contributed by atoms with Crippen molar-refractivity contribution in [2.75, 3.05) is 6.26 Å². The number of furan rings is 1. The summed E-state index contributed by atoms with van der Waals surface area (Å²) in [4.78, 5) is 28.2. The fourth-order valence-corrected chi connectivity index (χ4v) is 4.44. The van der Waals surface area contributed by atoms with E-state index >= 15 is 0 Å². The number of fused-ring (bicyclic) bond motifs is 1. The number of aliphatic imine (C=N–C) groups is 1. The van der Waals surface area contributed by atoms with Crippen LogP contribution in [0, 0.1) is 5.41 Å². The summed E-state index contributed by atoms with van der Waals surface area (Å²) in [5.41, 5.74) is 0.313. The van der Waals surface area contributed by atoms with Gasteiger partial charge in [-0.05, 0) is 47.7 Å². The average Bonchev–Trinajstić information content (AvgIpc) is 3.36. The van der Waals surface area contributed by atoms with Gasteiger partial charge in [0.05, 0.1) is 16.9 Å². The van der Waals surface area contributed by atoms with Gasteiger partial charge < -0.3 is 9.15 Å². The van der Waals surface area contributed by atoms with Crippen molar-refractivity contribution in [1.82, 2.24) is 5.01 Å². The molecule has 2 aliphatic heterocycles. The van der Waals surface area contributed by atoms with Gasteiger partial charge in [0.25, 0.3) is 5.91 Å². The zero-order valence-corrected chi connectivity index (χ0v) is 17.9. The lowest BCUT2D eigenvalue weighted by molar-refractivity contribution is -0.114. The van der Waals surface area contributed by atoms with Gasteiger partial charge in [-0.25, -0.2) is 13.2 Å². The molecule has 31 heavy (non-hydrogen) atoms. The fourth-order valence-electron chi connectivity index (χ4n) is 2.53. The topological polar surface area (TPSA) is 142 Å². The smallest absolute Gasteiger partial charge is 0.379 e. The Morgan fingerprint density at radius 1 is 1.35 bits per heavy atom. The van der Waals surface area contributed by atoms with Gasteiger partial charge >= 0.3 is 5.97 Å². The zero-order valence-electron chi connectivity index (χ0n) is 15.5. The summed E-state index contributed by atoms with van der Waals surface area (Å²) in [5.74, 6) is -1.69. The maximum Gasteiger partial charge on any atom is 0.379 e. The van der Waals surface area contributed by atoms with E-state index in [1.165, 1.54) is 36.6 Å². The first kappa shape index (κ1) is 21.0. The monoisotopic (exact) mass is 478 g/mol. The molecule has 0 bridgehead atoms. The Morgan fingerprint density at radius 3 is 2.77 bits per heavy atom. The first-order valence-corrected chi connectivity index (χ1v) is 11.5. The summed E-state index contributed by atoms with van der Waals surface area (Å²) in [5, 5.41) is 13.2. The number of hydrazone groups is 1. The second-order valence-electron chi connectivity index (χ2n) is 6.21. The summed E-state index contributed by atoms with van der Waals surface area (Å²) in [6.07, 6.45) is 3.66. The van der Waals surface area contributed by atoms with Gasteiger partial charge in [0, 0.05) is 6.26 Å². The molecule has 4 rings (SSSR count). The van der Waals surface area contributed by atoms with Crippen molar-refractivity contribution in [3.05, 3.63) is 58.5 Å². The maximum atomic E-state index is 12.4. The van der Waals surface area contributed by atoms with Crippen LogP contribution in [0.25, 0.3) is 6.08 Å². The number of nitrogens with zero attached hydrogens (tertiary/aromatic N) is 3. The van der Waals surface area contributed by atoms with Gasteiger partial charge in [-0.15, -0.1) is 5.10 Å². The third kappa shape index (κ3) is 4.17. The lowest BCUT2D eigenvalue weighted by Crippen LogP contribution is -2.35. The van der Waals surface area contributed by atoms with E-state index in [0.29, 0.717) is 17.3 Å². The van der Waals surface area contributed by atoms with E-state index in [1.807, 2.05) is 0 Å². The van der Waals surface area contributed by atoms with E-state index in [4.69, 9.17) is 26.2 Å². The average molecular weight is 479 g/mol. The second kappa shape index (κ2) is 7.80. The number of benzene rings is 1. The molecule has 1 aromatic heterocycles. The van der Waals surface area contributed by atoms with E-state index in [-0.39, 0.29) is 37.5 Å². The number of nitrogens with one attached hydrogen (secondary N) is 1. The molecule has 0 atom stereocenters. The summed E-state index contributed by atoms with van der Waals surface area (Å²) in [7, 11) is -3.62. The number of rotatable bonds is 3. The van der Waals surface area contributed by atoms with E-state index in [2.05, 4.69) is 10.1 Å². The fraction of sp³-hybridized carbons (Fsp3) is 0.0556. The number of hydrogen-bond donors (Lipinski definition) is 1. The predicted molar refractivity (Wildman–Crippen MR) is 115 cm³/mol. The Balaban J connectivity index is 1.59. The van der Waals surface area contributed by atoms with Crippen LogP contribution in [-0.2, 0) is 14.6 Å². The largest absolute Gasteiger partial charge is 0.457 e. The van der Waals surface area contributed by atoms with Crippen molar-refractivity contribution in [3.8, 4) is 5.75 Å². The van der Waals surface area contributed by atoms with Crippen LogP contribution in [0.4, 0.5) is 0 Å². The lowest BCUT2D eigenvalue weighted by Gasteiger charge is -2.20. The van der Waals surface area contributed by atoms with E-state index < -0.39 is 21.7 Å². The number of esters is 1. The van der Waals surface area contributed by atoms with Crippen LogP contribution >= 0.6 is 23.4 Å². The van der Waals surface area contributed by atoms with Crippen LogP contribution in [0.5, 0.6) is 5.75 Å². The number of carbonyl (C=O) groups is 2. The molecule has 0 aliphatic carbocycles. The lowest BCUT2D eigenvalue weighted by atomic mass is 10.1. The molecule has 1 aromatic carbocycles. The number of amides is 1. The predicted octanol–water partition coefficient (Wildman–Crippen LogP) is 2.77. The number of carbonyl (C=O) groups excluding carboxylic acids is 2. The Kier molecular flexibility index (Phi) is 5.29. The molecule has 0 spiro atoms. The first-order chi connectivity index (χ1) is 14.6. The van der Waals surface area contributed by atoms with Crippen molar-refractivity contribution < 1.29 is 27.2 Å². The van der Waals surface area contributed by atoms with Gasteiger partial charge in [0.2, 0.25) is 25.1 Å². The van der Waals surface area contributed by atoms with Gasteiger partial charge in [-0.2, -0.15) is 10.0 Å². The van der Waals surface area contributed by atoms with E-state index in [1.54, 1.807) is 6.07 Å². The Bertz CT molecular complexity index is 1330. The highest BCUT2D eigenvalue weighted by molar-refractivity contribution is 8.42. The molecule has 0 saturated carbocycles. The van der Waals surface area contributed by atoms with Crippen LogP contribution in [0.3, 0.4) is 0 Å². The van der Waals surface area contributed by atoms with Gasteiger partial charge in [-0.3, -0.25) is 10.2 Å². The number of thioether (sulfide) groups is 1. The Morgan fingerprint density at radius 2 is 2.13 bits per heavy atom. The van der Waals surface area contributed by atoms with Crippen molar-refractivity contribution in [2.45, 2.75) is 0 Å². The van der Waals surface area contributed by atoms with Crippen LogP contribution < -0.4 is 4.74 Å². The quantitative estimate of drug-likeness (QED) is 0.403. The zero-order chi connectivity index (χ0) is 22.3. The Hall–Kier alpha value is -3.22. The number of hydrogen-bond acceptors (Lipinski definition) is 9. The van der Waals surface area contributed by atoms with Gasteiger partial charge in [0.1, 0.15) is 5.75 Å². The third-order valence-corrected chi connectivity index (χ3v) is 6.82. The molecule has 1 N–H and O–H groups in total. The van der Waals surface area contributed by atoms with Gasteiger partial charge in [-0.1, -0.05) is 17.7 Å². The molecule has 13 heteroatoms. The molecule has 10 nitrogen and oxygen atoms in total. The van der Waals surface area contributed by atoms with Crippen LogP contribution in [0.15, 0.2) is 56.7 Å². The molecule has 0 unspecified atom stereocenters. The normalized spacial score (nSPS) is 17.5. The molecule has 2 aromatic rings. The van der Waals surface area contributed by atoms with E-state index in [9.17, 15) is 18.0 Å². The molecule has 2 aliphatic rings. The van der Waals surface area contributed by atoms with Crippen molar-refractivity contribution >= 4 is 66.5 Å². The first-order valence-electron chi connectivity index (χ1n) is 8.39. The second-order valence-corrected chi connectivity index (χ2v) is 9.77. The molecule has 0 fully saturated rings. The molecule has 158 valence electrons. The highest BCUT2D eigenvalue weighted by Gasteiger charge is 2.38. The maximum absolute atomic E-state index is 12.4. The Labute approximate surface area is 184 Å². The number of sulfone groups is 1. The minimum Gasteiger partial charge on any atom is -0.457 e. The minimum absolute atomic E-state index is 0.00852. The van der Waals surface area contributed by atoms with Crippen molar-refractivity contribution in [2.24, 2.45) is 10.1 Å². The molecular formula is C18H11ClN4O6S2. The number of halogens is 1. The highest BCUT2D eigenvalue weighted by Crippen LogP contribution is 2.31. The highest BCUT2D eigenvalue weighted by atomic mass is 35.5. The van der Waals surface area contributed by atoms with Crippen molar-refractivity contribution in [3.63, 3.8) is 0 Å². The molecule has 0 saturated heterocycles. The van der Waals surface area contributed by atoms with Crippen LogP contribution in [0.2, 0.25) is 5.02 Å². The third-order valence-electron chi connectivity index (χ3n) is 3.95. The summed E-state index contributed by atoms with van der Waals surface area (Å²) in [6.45, 7) is 0. The molecule has 0 radical (unpaired) electrons. The van der Waals surface area contributed by atoms with E-state index in [0.717, 1.165) is 11.3 Å². The molecule has 1 amide bonds. The van der Waals surface area contributed by atoms with Crippen LogP contribution in [0.1, 0.15) is 16.1 Å². The van der Waals surface area contributed by atoms with Gasteiger partial charge in [0.15, 0.2) is 5.84 Å². The van der Waals surface area contributed by atoms with Crippen molar-refractivity contribution in [1.29, 1.82) is 5.41 Å².